The molecule has 0 N–H and O–H groups in total. The van der Waals surface area contributed by atoms with Crippen LogP contribution in [-0.4, -0.2) is 34.4 Å². The van der Waals surface area contributed by atoms with Gasteiger partial charge in [0.1, 0.15) is 27.7 Å². The van der Waals surface area contributed by atoms with Crippen LogP contribution in [0.25, 0.3) is 22.3 Å². The van der Waals surface area contributed by atoms with Crippen LogP contribution >= 0.6 is 27.5 Å². The summed E-state index contributed by atoms with van der Waals surface area (Å²) in [6, 6.07) is 0.0799. The minimum absolute atomic E-state index is 0.0799. The van der Waals surface area contributed by atoms with Gasteiger partial charge in [-0.1, -0.05) is 32.7 Å². The first-order valence-corrected chi connectivity index (χ1v) is 11.9. The molecule has 0 aliphatic heterocycles. The summed E-state index contributed by atoms with van der Waals surface area (Å²) >= 11 is 9.95. The summed E-state index contributed by atoms with van der Waals surface area (Å²) in [5.74, 6) is 0.542. The first kappa shape index (κ1) is 18.9. The highest BCUT2D eigenvalue weighted by Crippen LogP contribution is 2.48. The standard InChI is InChI=1S/C17H18BrClN4O3S/c1-8(2)23-10(6-18)11(12-16(19)20-7-21-17(12)23)13-15(27(3,24)25)14(26-22-13)9-4-5-9/h7-9H,4-6H2,1-3H3. The van der Waals surface area contributed by atoms with E-state index in [-0.39, 0.29) is 27.7 Å². The molecule has 0 spiro atoms. The topological polar surface area (TPSA) is 90.9 Å². The van der Waals surface area contributed by atoms with Gasteiger partial charge in [0.15, 0.2) is 15.6 Å². The molecule has 1 aliphatic rings. The molecular weight excluding hydrogens is 456 g/mol. The van der Waals surface area contributed by atoms with Crippen LogP contribution in [0, 0.1) is 0 Å². The summed E-state index contributed by atoms with van der Waals surface area (Å²) in [5.41, 5.74) is 2.38. The zero-order valence-electron chi connectivity index (χ0n) is 15.0. The van der Waals surface area contributed by atoms with Gasteiger partial charge in [-0.15, -0.1) is 0 Å². The first-order chi connectivity index (χ1) is 12.8. The van der Waals surface area contributed by atoms with Crippen LogP contribution in [0.3, 0.4) is 0 Å². The van der Waals surface area contributed by atoms with Crippen LogP contribution in [0.5, 0.6) is 0 Å². The number of fused-ring (bicyclic) bond motifs is 1. The van der Waals surface area contributed by atoms with E-state index in [9.17, 15) is 8.42 Å². The Morgan fingerprint density at radius 1 is 1.37 bits per heavy atom. The lowest BCUT2D eigenvalue weighted by Crippen LogP contribution is -2.06. The highest BCUT2D eigenvalue weighted by molar-refractivity contribution is 9.08. The van der Waals surface area contributed by atoms with Crippen LogP contribution < -0.4 is 0 Å². The molecule has 4 rings (SSSR count). The number of sulfone groups is 1. The second-order valence-corrected chi connectivity index (χ2v) is 9.92. The SMILES string of the molecule is CC(C)n1c(CBr)c(-c2noc(C3CC3)c2S(C)(=O)=O)c2c(Cl)ncnc21. The van der Waals surface area contributed by atoms with Gasteiger partial charge in [-0.3, -0.25) is 0 Å². The molecule has 27 heavy (non-hydrogen) atoms. The van der Waals surface area contributed by atoms with E-state index in [4.69, 9.17) is 16.1 Å². The summed E-state index contributed by atoms with van der Waals surface area (Å²) in [6.07, 6.45) is 4.39. The number of rotatable bonds is 5. The highest BCUT2D eigenvalue weighted by Gasteiger charge is 2.38. The summed E-state index contributed by atoms with van der Waals surface area (Å²) in [7, 11) is -3.56. The van der Waals surface area contributed by atoms with Crippen molar-refractivity contribution in [2.75, 3.05) is 6.26 Å². The third kappa shape index (κ3) is 3.00. The van der Waals surface area contributed by atoms with E-state index in [2.05, 4.69) is 31.1 Å². The highest BCUT2D eigenvalue weighted by atomic mass is 79.9. The van der Waals surface area contributed by atoms with Gasteiger partial charge in [-0.25, -0.2) is 18.4 Å². The number of aromatic nitrogens is 4. The van der Waals surface area contributed by atoms with Gasteiger partial charge < -0.3 is 9.09 Å². The Hall–Kier alpha value is -1.45. The average molecular weight is 474 g/mol. The maximum absolute atomic E-state index is 12.6. The molecule has 0 bridgehead atoms. The van der Waals surface area contributed by atoms with Crippen molar-refractivity contribution in [1.82, 2.24) is 19.7 Å². The summed E-state index contributed by atoms with van der Waals surface area (Å²) < 4.78 is 32.8. The largest absolute Gasteiger partial charge is 0.359 e. The van der Waals surface area contributed by atoms with Gasteiger partial charge in [-0.2, -0.15) is 0 Å². The van der Waals surface area contributed by atoms with Crippen LogP contribution in [0.2, 0.25) is 5.15 Å². The minimum Gasteiger partial charge on any atom is -0.359 e. The molecule has 7 nitrogen and oxygen atoms in total. The Labute approximate surface area is 170 Å². The Bertz CT molecular complexity index is 1150. The van der Waals surface area contributed by atoms with Crippen molar-refractivity contribution in [2.24, 2.45) is 0 Å². The van der Waals surface area contributed by atoms with Crippen molar-refractivity contribution in [3.05, 3.63) is 22.9 Å². The Morgan fingerprint density at radius 2 is 2.07 bits per heavy atom. The molecule has 1 fully saturated rings. The molecule has 0 aromatic carbocycles. The number of hydrogen-bond donors (Lipinski definition) is 0. The quantitative estimate of drug-likeness (QED) is 0.400. The average Bonchev–Trinajstić information content (AvgIpc) is 3.22. The van der Waals surface area contributed by atoms with Crippen molar-refractivity contribution in [3.63, 3.8) is 0 Å². The van der Waals surface area contributed by atoms with Crippen molar-refractivity contribution in [1.29, 1.82) is 0 Å². The van der Waals surface area contributed by atoms with Crippen LogP contribution in [0.1, 0.15) is 50.1 Å². The maximum atomic E-state index is 12.6. The monoisotopic (exact) mass is 472 g/mol. The van der Waals surface area contributed by atoms with E-state index in [0.29, 0.717) is 27.7 Å². The summed E-state index contributed by atoms with van der Waals surface area (Å²) in [5, 5.41) is 5.50. The molecule has 10 heteroatoms. The lowest BCUT2D eigenvalue weighted by Gasteiger charge is -2.13. The van der Waals surface area contributed by atoms with E-state index < -0.39 is 9.84 Å². The van der Waals surface area contributed by atoms with Gasteiger partial charge in [0, 0.05) is 34.8 Å². The Morgan fingerprint density at radius 3 is 2.63 bits per heavy atom. The molecule has 1 saturated carbocycles. The van der Waals surface area contributed by atoms with Crippen LogP contribution in [0.4, 0.5) is 0 Å². The van der Waals surface area contributed by atoms with Gasteiger partial charge in [-0.05, 0) is 26.7 Å². The minimum atomic E-state index is -3.56. The number of halogens is 2. The fourth-order valence-electron chi connectivity index (χ4n) is 3.51. The van der Waals surface area contributed by atoms with E-state index in [1.165, 1.54) is 12.6 Å². The predicted molar refractivity (Wildman–Crippen MR) is 106 cm³/mol. The normalized spacial score (nSPS) is 15.2. The van der Waals surface area contributed by atoms with Gasteiger partial charge >= 0.3 is 0 Å². The van der Waals surface area contributed by atoms with E-state index >= 15 is 0 Å². The molecular formula is C17H18BrClN4O3S. The molecule has 144 valence electrons. The van der Waals surface area contributed by atoms with E-state index in [0.717, 1.165) is 18.5 Å². The van der Waals surface area contributed by atoms with Gasteiger partial charge in [0.2, 0.25) is 0 Å². The fourth-order valence-corrected chi connectivity index (χ4v) is 5.34. The smallest absolute Gasteiger partial charge is 0.181 e. The third-order valence-corrected chi connectivity index (χ3v) is 6.67. The maximum Gasteiger partial charge on any atom is 0.181 e. The zero-order chi connectivity index (χ0) is 19.5. The third-order valence-electron chi connectivity index (χ3n) is 4.71. The van der Waals surface area contributed by atoms with Crippen LogP contribution in [0.15, 0.2) is 15.7 Å². The van der Waals surface area contributed by atoms with Gasteiger partial charge in [0.25, 0.3) is 0 Å². The van der Waals surface area contributed by atoms with Crippen molar-refractivity contribution >= 4 is 48.4 Å². The Balaban J connectivity index is 2.15. The lowest BCUT2D eigenvalue weighted by molar-refractivity contribution is 0.382. The molecule has 0 unspecified atom stereocenters. The molecule has 0 saturated heterocycles. The molecule has 0 radical (unpaired) electrons. The molecule has 0 atom stereocenters. The molecule has 0 amide bonds. The predicted octanol–water partition coefficient (Wildman–Crippen LogP) is 4.50. The number of hydrogen-bond acceptors (Lipinski definition) is 6. The van der Waals surface area contributed by atoms with E-state index in [1.807, 2.05) is 18.4 Å². The van der Waals surface area contributed by atoms with E-state index in [1.54, 1.807) is 0 Å². The second kappa shape index (κ2) is 6.56. The fraction of sp³-hybridized carbons (Fsp3) is 0.471. The summed E-state index contributed by atoms with van der Waals surface area (Å²) in [4.78, 5) is 8.66. The molecule has 3 aromatic heterocycles. The zero-order valence-corrected chi connectivity index (χ0v) is 18.2. The van der Waals surface area contributed by atoms with Crippen LogP contribution in [-0.2, 0) is 15.2 Å². The van der Waals surface area contributed by atoms with Crippen molar-refractivity contribution < 1.29 is 12.9 Å². The molecule has 3 heterocycles. The second-order valence-electron chi connectivity index (χ2n) is 7.05. The first-order valence-electron chi connectivity index (χ1n) is 8.54. The lowest BCUT2D eigenvalue weighted by atomic mass is 10.1. The molecule has 1 aliphatic carbocycles. The van der Waals surface area contributed by atoms with Crippen molar-refractivity contribution in [2.45, 2.75) is 48.9 Å². The molecule has 3 aromatic rings. The summed E-state index contributed by atoms with van der Waals surface area (Å²) in [6.45, 7) is 4.06. The van der Waals surface area contributed by atoms with Crippen molar-refractivity contribution in [3.8, 4) is 11.3 Å². The number of nitrogens with zero attached hydrogens (tertiary/aromatic N) is 4. The Kier molecular flexibility index (Phi) is 4.59. The van der Waals surface area contributed by atoms with Gasteiger partial charge in [0.05, 0.1) is 5.39 Å². The number of alkyl halides is 1.